The average molecular weight is 178 g/mol. The summed E-state index contributed by atoms with van der Waals surface area (Å²) >= 11 is 0. The van der Waals surface area contributed by atoms with E-state index in [2.05, 4.69) is 29.6 Å². The van der Waals surface area contributed by atoms with Crippen molar-refractivity contribution in [1.29, 1.82) is 0 Å². The van der Waals surface area contributed by atoms with Gasteiger partial charge in [-0.1, -0.05) is 19.1 Å². The van der Waals surface area contributed by atoms with Crippen LogP contribution in [0.5, 0.6) is 0 Å². The van der Waals surface area contributed by atoms with Gasteiger partial charge in [-0.25, -0.2) is 0 Å². The van der Waals surface area contributed by atoms with Gasteiger partial charge in [-0.15, -0.1) is 6.58 Å². The highest BCUT2D eigenvalue weighted by molar-refractivity contribution is 6.01. The maximum Gasteiger partial charge on any atom is 0.0799 e. The van der Waals surface area contributed by atoms with Crippen molar-refractivity contribution in [1.82, 2.24) is 0 Å². The van der Waals surface area contributed by atoms with Gasteiger partial charge in [0.1, 0.15) is 0 Å². The minimum atomic E-state index is 0.777. The Balaban J connectivity index is 4.69. The largest absolute Gasteiger partial charge is 0.291 e. The molecule has 0 aliphatic heterocycles. The smallest absolute Gasteiger partial charge is 0.0799 e. The molecule has 0 aromatic rings. The summed E-state index contributed by atoms with van der Waals surface area (Å²) in [5, 5.41) is 0. The molecule has 0 amide bonds. The first-order valence-corrected chi connectivity index (χ1v) is 4.55. The number of nitrogens with zero attached hydrogens (tertiary/aromatic N) is 2. The molecule has 0 radical (unpaired) electrons. The monoisotopic (exact) mass is 178 g/mol. The lowest BCUT2D eigenvalue weighted by molar-refractivity contribution is 1.18. The van der Waals surface area contributed by atoms with Gasteiger partial charge in [0.05, 0.1) is 11.4 Å². The highest BCUT2D eigenvalue weighted by Crippen LogP contribution is 2.05. The zero-order chi connectivity index (χ0) is 10.1. The molecule has 0 aliphatic rings. The summed E-state index contributed by atoms with van der Waals surface area (Å²) in [4.78, 5) is 8.44. The quantitative estimate of drug-likeness (QED) is 0.456. The summed E-state index contributed by atoms with van der Waals surface area (Å²) in [7, 11) is 1.79. The highest BCUT2D eigenvalue weighted by atomic mass is 14.8. The molecule has 0 heterocycles. The van der Waals surface area contributed by atoms with E-state index in [0.29, 0.717) is 0 Å². The van der Waals surface area contributed by atoms with Crippen molar-refractivity contribution < 1.29 is 0 Å². The number of rotatable bonds is 5. The molecule has 0 bridgehead atoms. The molecule has 72 valence electrons. The molecule has 0 aromatic heterocycles. The molecule has 2 nitrogen and oxygen atoms in total. The predicted octanol–water partition coefficient (Wildman–Crippen LogP) is 3.02. The summed E-state index contributed by atoms with van der Waals surface area (Å²) in [6.45, 7) is 7.69. The van der Waals surface area contributed by atoms with Crippen LogP contribution in [0.1, 0.15) is 26.7 Å². The van der Waals surface area contributed by atoms with E-state index >= 15 is 0 Å². The Morgan fingerprint density at radius 2 is 2.15 bits per heavy atom. The zero-order valence-corrected chi connectivity index (χ0v) is 8.75. The lowest BCUT2D eigenvalue weighted by Crippen LogP contribution is -1.99. The molecule has 0 saturated carbocycles. The van der Waals surface area contributed by atoms with E-state index in [1.165, 1.54) is 0 Å². The zero-order valence-electron chi connectivity index (χ0n) is 8.75. The second-order valence-electron chi connectivity index (χ2n) is 2.55. The fourth-order valence-electron chi connectivity index (χ4n) is 1.02. The van der Waals surface area contributed by atoms with Crippen LogP contribution >= 0.6 is 0 Å². The van der Waals surface area contributed by atoms with E-state index < -0.39 is 0 Å². The topological polar surface area (TPSA) is 24.7 Å². The van der Waals surface area contributed by atoms with Gasteiger partial charge in [0.25, 0.3) is 0 Å². The number of allylic oxidation sites excluding steroid dienone is 3. The summed E-state index contributed by atoms with van der Waals surface area (Å²) in [5.74, 6) is 0. The van der Waals surface area contributed by atoms with Crippen molar-refractivity contribution >= 4 is 11.9 Å². The van der Waals surface area contributed by atoms with Gasteiger partial charge in [-0.2, -0.15) is 0 Å². The second-order valence-corrected chi connectivity index (χ2v) is 2.55. The lowest BCUT2D eigenvalue weighted by atomic mass is 10.2. The Bertz CT molecular complexity index is 234. The van der Waals surface area contributed by atoms with Crippen LogP contribution < -0.4 is 0 Å². The first-order valence-electron chi connectivity index (χ1n) is 4.55. The lowest BCUT2D eigenvalue weighted by Gasteiger charge is -2.02. The van der Waals surface area contributed by atoms with Crippen molar-refractivity contribution in [2.75, 3.05) is 7.05 Å². The molecule has 0 fully saturated rings. The van der Waals surface area contributed by atoms with Crippen molar-refractivity contribution in [2.24, 2.45) is 9.98 Å². The van der Waals surface area contributed by atoms with Gasteiger partial charge >= 0.3 is 0 Å². The van der Waals surface area contributed by atoms with E-state index in [9.17, 15) is 0 Å². The summed E-state index contributed by atoms with van der Waals surface area (Å²) < 4.78 is 0. The van der Waals surface area contributed by atoms with Gasteiger partial charge in [0.2, 0.25) is 0 Å². The summed E-state index contributed by atoms with van der Waals surface area (Å²) in [5.41, 5.74) is 1.96. The molecular weight excluding hydrogens is 160 g/mol. The van der Waals surface area contributed by atoms with E-state index in [-0.39, 0.29) is 0 Å². The molecule has 0 unspecified atom stereocenters. The minimum absolute atomic E-state index is 0.777. The highest BCUT2D eigenvalue weighted by Gasteiger charge is 2.00. The molecular formula is C11H18N2. The van der Waals surface area contributed by atoms with Crippen molar-refractivity contribution in [3.8, 4) is 0 Å². The molecule has 13 heavy (non-hydrogen) atoms. The normalized spacial score (nSPS) is 13.8. The molecule has 0 spiro atoms. The fourth-order valence-corrected chi connectivity index (χ4v) is 1.02. The van der Waals surface area contributed by atoms with Crippen LogP contribution in [0.3, 0.4) is 0 Å². The van der Waals surface area contributed by atoms with E-state index in [1.807, 2.05) is 13.0 Å². The van der Waals surface area contributed by atoms with Gasteiger partial charge in [-0.3, -0.25) is 9.98 Å². The van der Waals surface area contributed by atoms with Crippen molar-refractivity contribution in [3.63, 3.8) is 0 Å². The van der Waals surface area contributed by atoms with Gasteiger partial charge in [0, 0.05) is 19.7 Å². The molecule has 2 heteroatoms. The van der Waals surface area contributed by atoms with E-state index in [1.54, 1.807) is 13.3 Å². The van der Waals surface area contributed by atoms with E-state index in [0.717, 1.165) is 24.3 Å². The maximum absolute atomic E-state index is 4.26. The van der Waals surface area contributed by atoms with Crippen LogP contribution in [0.25, 0.3) is 0 Å². The van der Waals surface area contributed by atoms with Gasteiger partial charge in [0.15, 0.2) is 0 Å². The van der Waals surface area contributed by atoms with Crippen LogP contribution in [0.15, 0.2) is 34.4 Å². The van der Waals surface area contributed by atoms with Crippen molar-refractivity contribution in [3.05, 3.63) is 24.4 Å². The predicted molar refractivity (Wildman–Crippen MR) is 60.7 cm³/mol. The number of hydrogen-bond acceptors (Lipinski definition) is 2. The van der Waals surface area contributed by atoms with Crippen LogP contribution in [0, 0.1) is 0 Å². The molecule has 0 aromatic carbocycles. The van der Waals surface area contributed by atoms with Crippen LogP contribution in [-0.2, 0) is 0 Å². The van der Waals surface area contributed by atoms with Gasteiger partial charge in [-0.05, 0) is 13.3 Å². The molecule has 0 rings (SSSR count). The van der Waals surface area contributed by atoms with Crippen LogP contribution in [0.2, 0.25) is 0 Å². The third kappa shape index (κ3) is 4.41. The Labute approximate surface area is 80.8 Å². The Morgan fingerprint density at radius 3 is 2.54 bits per heavy atom. The van der Waals surface area contributed by atoms with E-state index in [4.69, 9.17) is 0 Å². The Morgan fingerprint density at radius 1 is 1.46 bits per heavy atom. The van der Waals surface area contributed by atoms with Gasteiger partial charge < -0.3 is 0 Å². The molecule has 0 atom stereocenters. The maximum atomic E-state index is 4.26. The van der Waals surface area contributed by atoms with Crippen LogP contribution in [0.4, 0.5) is 0 Å². The molecule has 0 N–H and O–H groups in total. The number of hydrogen-bond donors (Lipinski definition) is 0. The minimum Gasteiger partial charge on any atom is -0.291 e. The molecule has 0 saturated heterocycles. The summed E-state index contributed by atoms with van der Waals surface area (Å²) in [6, 6.07) is 0. The fraction of sp³-hybridized carbons (Fsp3) is 0.455. The van der Waals surface area contributed by atoms with Crippen LogP contribution in [-0.4, -0.2) is 19.0 Å². The standard InChI is InChI=1S/C11H18N2/c1-5-8-10(12-4)11(9-6-2)13-7-3/h5,7,9H,1,6,8H2,2-4H3. The third-order valence-corrected chi connectivity index (χ3v) is 1.57. The first-order chi connectivity index (χ1) is 6.29. The Kier molecular flexibility index (Phi) is 6.79. The molecule has 0 aliphatic carbocycles. The van der Waals surface area contributed by atoms with Crippen molar-refractivity contribution in [2.45, 2.75) is 26.7 Å². The second kappa shape index (κ2) is 7.47. The first kappa shape index (κ1) is 11.8. The average Bonchev–Trinajstić information content (AvgIpc) is 2.14. The Hall–Kier alpha value is -1.18. The third-order valence-electron chi connectivity index (χ3n) is 1.57. The summed E-state index contributed by atoms with van der Waals surface area (Å²) in [6.07, 6.45) is 7.46. The SMILES string of the molecule is C=CCC(=NC)C(=CCC)N=CC. The number of aliphatic imine (C=N–C) groups is 2.